The van der Waals surface area contributed by atoms with Crippen LogP contribution in [0.25, 0.3) is 0 Å². The van der Waals surface area contributed by atoms with Crippen molar-refractivity contribution in [2.45, 2.75) is 18.7 Å². The molecule has 0 amide bonds. The highest BCUT2D eigenvalue weighted by Gasteiger charge is 2.30. The van der Waals surface area contributed by atoms with Gasteiger partial charge in [0.25, 0.3) is 10.0 Å². The summed E-state index contributed by atoms with van der Waals surface area (Å²) in [5.41, 5.74) is 1.68. The Morgan fingerprint density at radius 3 is 2.12 bits per heavy atom. The summed E-state index contributed by atoms with van der Waals surface area (Å²) in [6.07, 6.45) is 0. The molecule has 0 bridgehead atoms. The van der Waals surface area contributed by atoms with E-state index in [9.17, 15) is 18.3 Å². The molecule has 2 aromatic rings. The Balaban J connectivity index is 2.66. The van der Waals surface area contributed by atoms with E-state index in [2.05, 4.69) is 0 Å². The number of hydrogen-bond donors (Lipinski definition) is 1. The highest BCUT2D eigenvalue weighted by atomic mass is 32.2. The van der Waals surface area contributed by atoms with Crippen molar-refractivity contribution in [2.24, 2.45) is 0 Å². The monoisotopic (exact) mass is 379 g/mol. The molecule has 0 heterocycles. The molecule has 0 atom stereocenters. The first-order chi connectivity index (χ1) is 12.2. The molecule has 0 fully saturated rings. The summed E-state index contributed by atoms with van der Waals surface area (Å²) in [5, 5.41) is 9.27. The predicted octanol–water partition coefficient (Wildman–Crippen LogP) is 2.60. The van der Waals surface area contributed by atoms with E-state index in [0.717, 1.165) is 4.31 Å². The molecular weight excluding hydrogens is 358 g/mol. The molecule has 26 heavy (non-hydrogen) atoms. The molecule has 0 radical (unpaired) electrons. The number of carboxylic acids is 1. The van der Waals surface area contributed by atoms with Gasteiger partial charge in [0.15, 0.2) is 11.5 Å². The molecule has 0 aliphatic heterocycles. The zero-order valence-corrected chi connectivity index (χ0v) is 15.8. The van der Waals surface area contributed by atoms with Gasteiger partial charge in [-0.05, 0) is 37.1 Å². The second-order valence-corrected chi connectivity index (χ2v) is 7.52. The number of rotatable bonds is 7. The zero-order chi connectivity index (χ0) is 19.5. The third-order valence-corrected chi connectivity index (χ3v) is 5.65. The number of benzene rings is 2. The van der Waals surface area contributed by atoms with E-state index in [1.54, 1.807) is 32.0 Å². The van der Waals surface area contributed by atoms with Crippen LogP contribution >= 0.6 is 0 Å². The average molecular weight is 379 g/mol. The topological polar surface area (TPSA) is 93.1 Å². The molecule has 140 valence electrons. The molecule has 0 saturated heterocycles. The minimum atomic E-state index is -4.13. The second kappa shape index (κ2) is 7.65. The van der Waals surface area contributed by atoms with Gasteiger partial charge in [-0.2, -0.15) is 0 Å². The first-order valence-electron chi connectivity index (χ1n) is 7.75. The molecule has 2 rings (SSSR count). The Morgan fingerprint density at radius 2 is 1.62 bits per heavy atom. The lowest BCUT2D eigenvalue weighted by Gasteiger charge is -2.26. The summed E-state index contributed by atoms with van der Waals surface area (Å²) >= 11 is 0. The number of anilines is 1. The summed E-state index contributed by atoms with van der Waals surface area (Å²) < 4.78 is 37.6. The Morgan fingerprint density at radius 1 is 1.04 bits per heavy atom. The summed E-state index contributed by atoms with van der Waals surface area (Å²) in [6.45, 7) is 2.78. The molecule has 0 unspecified atom stereocenters. The van der Waals surface area contributed by atoms with E-state index in [0.29, 0.717) is 22.6 Å². The Hall–Kier alpha value is -2.74. The van der Waals surface area contributed by atoms with Crippen molar-refractivity contribution in [3.63, 3.8) is 0 Å². The van der Waals surface area contributed by atoms with Crippen molar-refractivity contribution >= 4 is 21.7 Å². The molecule has 0 aromatic heterocycles. The number of sulfonamides is 1. The van der Waals surface area contributed by atoms with Gasteiger partial charge in [0, 0.05) is 6.07 Å². The lowest BCUT2D eigenvalue weighted by atomic mass is 10.1. The van der Waals surface area contributed by atoms with Gasteiger partial charge in [0.1, 0.15) is 6.54 Å². The zero-order valence-electron chi connectivity index (χ0n) is 15.0. The van der Waals surface area contributed by atoms with Crippen molar-refractivity contribution in [3.8, 4) is 11.5 Å². The van der Waals surface area contributed by atoms with Gasteiger partial charge < -0.3 is 14.6 Å². The fourth-order valence-corrected chi connectivity index (χ4v) is 4.27. The van der Waals surface area contributed by atoms with E-state index in [-0.39, 0.29) is 10.6 Å². The van der Waals surface area contributed by atoms with Crippen LogP contribution in [0, 0.1) is 13.8 Å². The molecule has 0 aliphatic carbocycles. The van der Waals surface area contributed by atoms with Gasteiger partial charge in [-0.1, -0.05) is 18.2 Å². The number of ether oxygens (including phenoxy) is 2. The van der Waals surface area contributed by atoms with Gasteiger partial charge >= 0.3 is 5.97 Å². The number of para-hydroxylation sites is 1. The number of hydrogen-bond acceptors (Lipinski definition) is 5. The SMILES string of the molecule is COc1ccc(S(=O)(=O)N(CC(=O)O)c2c(C)cccc2C)cc1OC. The van der Waals surface area contributed by atoms with E-state index in [4.69, 9.17) is 9.47 Å². The summed E-state index contributed by atoms with van der Waals surface area (Å²) in [6, 6.07) is 9.41. The maximum atomic E-state index is 13.2. The average Bonchev–Trinajstić information content (AvgIpc) is 2.59. The fraction of sp³-hybridized carbons (Fsp3) is 0.278. The van der Waals surface area contributed by atoms with Gasteiger partial charge in [0.05, 0.1) is 24.8 Å². The number of methoxy groups -OCH3 is 2. The van der Waals surface area contributed by atoms with Gasteiger partial charge in [-0.25, -0.2) is 8.42 Å². The lowest BCUT2D eigenvalue weighted by molar-refractivity contribution is -0.135. The van der Waals surface area contributed by atoms with Gasteiger partial charge in [-0.15, -0.1) is 0 Å². The Labute approximate surface area is 152 Å². The normalized spacial score (nSPS) is 11.1. The third kappa shape index (κ3) is 3.75. The standard InChI is InChI=1S/C18H21NO6S/c1-12-6-5-7-13(2)18(12)19(11-17(20)21)26(22,23)14-8-9-15(24-3)16(10-14)25-4/h5-10H,11H2,1-4H3,(H,20,21). The molecular formula is C18H21NO6S. The summed E-state index contributed by atoms with van der Waals surface area (Å²) in [7, 11) is -1.29. The van der Waals surface area contributed by atoms with Crippen LogP contribution in [0.1, 0.15) is 11.1 Å². The van der Waals surface area contributed by atoms with Crippen LogP contribution in [0.5, 0.6) is 11.5 Å². The smallest absolute Gasteiger partial charge is 0.324 e. The predicted molar refractivity (Wildman–Crippen MR) is 97.6 cm³/mol. The van der Waals surface area contributed by atoms with Crippen LogP contribution in [0.2, 0.25) is 0 Å². The number of aliphatic carboxylic acids is 1. The van der Waals surface area contributed by atoms with Crippen molar-refractivity contribution in [2.75, 3.05) is 25.1 Å². The largest absolute Gasteiger partial charge is 0.493 e. The van der Waals surface area contributed by atoms with Crippen molar-refractivity contribution < 1.29 is 27.8 Å². The highest BCUT2D eigenvalue weighted by Crippen LogP contribution is 2.34. The maximum absolute atomic E-state index is 13.2. The molecule has 1 N–H and O–H groups in total. The van der Waals surface area contributed by atoms with Crippen molar-refractivity contribution in [1.82, 2.24) is 0 Å². The molecule has 7 nitrogen and oxygen atoms in total. The minimum Gasteiger partial charge on any atom is -0.493 e. The molecule has 0 spiro atoms. The van der Waals surface area contributed by atoms with Gasteiger partial charge in [0.2, 0.25) is 0 Å². The van der Waals surface area contributed by atoms with E-state index < -0.39 is 22.5 Å². The molecule has 0 aliphatic rings. The van der Waals surface area contributed by atoms with Crippen LogP contribution in [-0.4, -0.2) is 40.3 Å². The molecule has 0 saturated carbocycles. The highest BCUT2D eigenvalue weighted by molar-refractivity contribution is 7.92. The van der Waals surface area contributed by atoms with E-state index in [1.807, 2.05) is 0 Å². The van der Waals surface area contributed by atoms with Crippen LogP contribution in [0.15, 0.2) is 41.3 Å². The number of aryl methyl sites for hydroxylation is 2. The minimum absolute atomic E-state index is 0.0842. The van der Waals surface area contributed by atoms with Crippen LogP contribution < -0.4 is 13.8 Å². The number of carboxylic acid groups (broad SMARTS) is 1. The number of nitrogens with zero attached hydrogens (tertiary/aromatic N) is 1. The van der Waals surface area contributed by atoms with Crippen LogP contribution in [0.4, 0.5) is 5.69 Å². The van der Waals surface area contributed by atoms with E-state index >= 15 is 0 Å². The Kier molecular flexibility index (Phi) is 5.76. The number of carbonyl (C=O) groups is 1. The maximum Gasteiger partial charge on any atom is 0.324 e. The van der Waals surface area contributed by atoms with Gasteiger partial charge in [-0.3, -0.25) is 9.10 Å². The summed E-state index contributed by atoms with van der Waals surface area (Å²) in [5.74, 6) is -0.634. The first-order valence-corrected chi connectivity index (χ1v) is 9.19. The second-order valence-electron chi connectivity index (χ2n) is 5.66. The summed E-state index contributed by atoms with van der Waals surface area (Å²) in [4.78, 5) is 11.3. The molecule has 2 aromatic carbocycles. The van der Waals surface area contributed by atoms with Crippen LogP contribution in [0.3, 0.4) is 0 Å². The first kappa shape index (κ1) is 19.6. The van der Waals surface area contributed by atoms with Crippen LogP contribution in [-0.2, 0) is 14.8 Å². The van der Waals surface area contributed by atoms with Crippen molar-refractivity contribution in [1.29, 1.82) is 0 Å². The van der Waals surface area contributed by atoms with Crippen molar-refractivity contribution in [3.05, 3.63) is 47.5 Å². The van der Waals surface area contributed by atoms with E-state index in [1.165, 1.54) is 32.4 Å². The quantitative estimate of drug-likeness (QED) is 0.795. The Bertz CT molecular complexity index is 903. The molecule has 8 heteroatoms. The third-order valence-electron chi connectivity index (χ3n) is 3.91. The fourth-order valence-electron chi connectivity index (χ4n) is 2.71. The lowest BCUT2D eigenvalue weighted by Crippen LogP contribution is -2.36.